The molecule has 1 saturated heterocycles. The lowest BCUT2D eigenvalue weighted by Crippen LogP contribution is -2.28. The summed E-state index contributed by atoms with van der Waals surface area (Å²) in [5.41, 5.74) is 1.57. The highest BCUT2D eigenvalue weighted by Crippen LogP contribution is 2.28. The van der Waals surface area contributed by atoms with Crippen LogP contribution in [0, 0.1) is 5.92 Å². The third-order valence-corrected chi connectivity index (χ3v) is 4.26. The first-order valence-electron chi connectivity index (χ1n) is 6.67. The van der Waals surface area contributed by atoms with Crippen LogP contribution in [0.2, 0.25) is 0 Å². The average Bonchev–Trinajstić information content (AvgIpc) is 2.49. The fourth-order valence-corrected chi connectivity index (χ4v) is 2.88. The Bertz CT molecular complexity index is 639. The molecule has 2 heterocycles. The molecule has 1 aromatic heterocycles. The van der Waals surface area contributed by atoms with Crippen molar-refractivity contribution in [3.63, 3.8) is 0 Å². The largest absolute Gasteiger partial charge is 0.381 e. The Hall–Kier alpha value is -1.46. The quantitative estimate of drug-likeness (QED) is 0.916. The zero-order valence-electron chi connectivity index (χ0n) is 10.9. The summed E-state index contributed by atoms with van der Waals surface area (Å²) in [6.07, 6.45) is 3.30. The van der Waals surface area contributed by atoms with E-state index in [4.69, 9.17) is 4.74 Å². The standard InChI is InChI=1S/C15H15BrN2O2/c16-12-4-7-17-14-11(12)2-1-3-13(14)18-15(19)10-5-8-20-9-6-10/h1-4,7,10H,5-6,8-9H2,(H,18,19). The minimum Gasteiger partial charge on any atom is -0.381 e. The first-order chi connectivity index (χ1) is 9.75. The Morgan fingerprint density at radius 3 is 2.90 bits per heavy atom. The van der Waals surface area contributed by atoms with E-state index < -0.39 is 0 Å². The molecule has 1 amide bonds. The molecule has 1 N–H and O–H groups in total. The monoisotopic (exact) mass is 334 g/mol. The van der Waals surface area contributed by atoms with Crippen LogP contribution in [0.25, 0.3) is 10.9 Å². The minimum atomic E-state index is 0.0335. The molecule has 4 nitrogen and oxygen atoms in total. The van der Waals surface area contributed by atoms with Gasteiger partial charge in [-0.3, -0.25) is 9.78 Å². The maximum atomic E-state index is 12.3. The van der Waals surface area contributed by atoms with Gasteiger partial charge in [-0.15, -0.1) is 0 Å². The summed E-state index contributed by atoms with van der Waals surface area (Å²) in [5, 5.41) is 4.00. The molecule has 1 aromatic carbocycles. The van der Waals surface area contributed by atoms with Crippen LogP contribution in [0.4, 0.5) is 5.69 Å². The van der Waals surface area contributed by atoms with Crippen molar-refractivity contribution in [1.82, 2.24) is 4.98 Å². The van der Waals surface area contributed by atoms with E-state index in [1.165, 1.54) is 0 Å². The van der Waals surface area contributed by atoms with E-state index in [1.807, 2.05) is 24.3 Å². The van der Waals surface area contributed by atoms with Gasteiger partial charge in [-0.2, -0.15) is 0 Å². The number of carbonyl (C=O) groups is 1. The molecule has 1 aliphatic rings. The summed E-state index contributed by atoms with van der Waals surface area (Å²) < 4.78 is 6.26. The molecule has 0 aliphatic carbocycles. The molecule has 1 aliphatic heterocycles. The van der Waals surface area contributed by atoms with Gasteiger partial charge < -0.3 is 10.1 Å². The Kier molecular flexibility index (Phi) is 3.98. The van der Waals surface area contributed by atoms with Gasteiger partial charge in [0.1, 0.15) is 0 Å². The van der Waals surface area contributed by atoms with Crippen LogP contribution < -0.4 is 5.32 Å². The smallest absolute Gasteiger partial charge is 0.227 e. The lowest BCUT2D eigenvalue weighted by molar-refractivity contribution is -0.122. The van der Waals surface area contributed by atoms with Crippen molar-refractivity contribution in [2.45, 2.75) is 12.8 Å². The first kappa shape index (κ1) is 13.5. The van der Waals surface area contributed by atoms with Gasteiger partial charge in [-0.25, -0.2) is 0 Å². The number of hydrogen-bond donors (Lipinski definition) is 1. The number of halogens is 1. The maximum absolute atomic E-state index is 12.3. The number of benzene rings is 1. The van der Waals surface area contributed by atoms with Gasteiger partial charge in [0.15, 0.2) is 0 Å². The molecule has 3 rings (SSSR count). The summed E-state index contributed by atoms with van der Waals surface area (Å²) in [4.78, 5) is 16.7. The van der Waals surface area contributed by atoms with Crippen LogP contribution in [0.1, 0.15) is 12.8 Å². The van der Waals surface area contributed by atoms with Gasteiger partial charge in [0.05, 0.1) is 11.2 Å². The third-order valence-electron chi connectivity index (χ3n) is 3.57. The Labute approximate surface area is 125 Å². The number of ether oxygens (including phenoxy) is 1. The fraction of sp³-hybridized carbons (Fsp3) is 0.333. The van der Waals surface area contributed by atoms with Gasteiger partial charge in [-0.1, -0.05) is 28.1 Å². The second-order valence-corrected chi connectivity index (χ2v) is 5.72. The van der Waals surface area contributed by atoms with Gasteiger partial charge >= 0.3 is 0 Å². The number of aromatic nitrogens is 1. The highest BCUT2D eigenvalue weighted by atomic mass is 79.9. The van der Waals surface area contributed by atoms with Gasteiger partial charge in [0.25, 0.3) is 0 Å². The number of carbonyl (C=O) groups excluding carboxylic acids is 1. The number of anilines is 1. The highest BCUT2D eigenvalue weighted by Gasteiger charge is 2.22. The van der Waals surface area contributed by atoms with Crippen molar-refractivity contribution in [2.75, 3.05) is 18.5 Å². The third kappa shape index (κ3) is 2.69. The van der Waals surface area contributed by atoms with Gasteiger partial charge in [0, 0.05) is 35.2 Å². The van der Waals surface area contributed by atoms with E-state index in [2.05, 4.69) is 26.2 Å². The molecule has 0 saturated carbocycles. The number of nitrogens with zero attached hydrogens (tertiary/aromatic N) is 1. The minimum absolute atomic E-state index is 0.0335. The lowest BCUT2D eigenvalue weighted by atomic mass is 9.99. The predicted octanol–water partition coefficient (Wildman–Crippen LogP) is 3.36. The van der Waals surface area contributed by atoms with Crippen LogP contribution in [0.5, 0.6) is 0 Å². The number of amides is 1. The Morgan fingerprint density at radius 1 is 1.30 bits per heavy atom. The van der Waals surface area contributed by atoms with Crippen molar-refractivity contribution < 1.29 is 9.53 Å². The molecular weight excluding hydrogens is 320 g/mol. The molecular formula is C15H15BrN2O2. The summed E-state index contributed by atoms with van der Waals surface area (Å²) in [7, 11) is 0. The topological polar surface area (TPSA) is 51.2 Å². The normalized spacial score (nSPS) is 16.2. The summed E-state index contributed by atoms with van der Waals surface area (Å²) in [6.45, 7) is 1.33. The van der Waals surface area contributed by atoms with Crippen molar-refractivity contribution in [3.05, 3.63) is 34.9 Å². The zero-order chi connectivity index (χ0) is 13.9. The number of rotatable bonds is 2. The molecule has 20 heavy (non-hydrogen) atoms. The second kappa shape index (κ2) is 5.89. The molecule has 0 radical (unpaired) electrons. The maximum Gasteiger partial charge on any atom is 0.227 e. The van der Waals surface area contributed by atoms with Crippen molar-refractivity contribution in [3.8, 4) is 0 Å². The van der Waals surface area contributed by atoms with E-state index in [1.54, 1.807) is 6.20 Å². The lowest BCUT2D eigenvalue weighted by Gasteiger charge is -2.21. The first-order valence-corrected chi connectivity index (χ1v) is 7.47. The predicted molar refractivity (Wildman–Crippen MR) is 81.6 cm³/mol. The summed E-state index contributed by atoms with van der Waals surface area (Å²) in [6, 6.07) is 7.69. The van der Waals surface area contributed by atoms with Crippen LogP contribution in [-0.2, 0) is 9.53 Å². The second-order valence-electron chi connectivity index (χ2n) is 4.87. The average molecular weight is 335 g/mol. The Balaban J connectivity index is 1.87. The Morgan fingerprint density at radius 2 is 2.10 bits per heavy atom. The molecule has 1 fully saturated rings. The fourth-order valence-electron chi connectivity index (χ4n) is 2.44. The number of fused-ring (bicyclic) bond motifs is 1. The number of hydrogen-bond acceptors (Lipinski definition) is 3. The molecule has 0 atom stereocenters. The van der Waals surface area contributed by atoms with E-state index in [9.17, 15) is 4.79 Å². The molecule has 0 unspecified atom stereocenters. The number of para-hydroxylation sites is 1. The summed E-state index contributed by atoms with van der Waals surface area (Å²) >= 11 is 3.50. The van der Waals surface area contributed by atoms with Crippen molar-refractivity contribution >= 4 is 38.4 Å². The number of pyridine rings is 1. The van der Waals surface area contributed by atoms with Gasteiger partial charge in [-0.05, 0) is 25.0 Å². The van der Waals surface area contributed by atoms with Crippen LogP contribution in [0.3, 0.4) is 0 Å². The van der Waals surface area contributed by atoms with Gasteiger partial charge in [0.2, 0.25) is 5.91 Å². The van der Waals surface area contributed by atoms with E-state index in [-0.39, 0.29) is 11.8 Å². The molecule has 2 aromatic rings. The molecule has 0 bridgehead atoms. The van der Waals surface area contributed by atoms with E-state index in [0.29, 0.717) is 13.2 Å². The van der Waals surface area contributed by atoms with Crippen LogP contribution >= 0.6 is 15.9 Å². The van der Waals surface area contributed by atoms with Crippen molar-refractivity contribution in [1.29, 1.82) is 0 Å². The van der Waals surface area contributed by atoms with E-state index >= 15 is 0 Å². The summed E-state index contributed by atoms with van der Waals surface area (Å²) in [5.74, 6) is 0.0914. The zero-order valence-corrected chi connectivity index (χ0v) is 12.5. The highest BCUT2D eigenvalue weighted by molar-refractivity contribution is 9.10. The van der Waals surface area contributed by atoms with E-state index in [0.717, 1.165) is 33.9 Å². The molecule has 0 spiro atoms. The SMILES string of the molecule is O=C(Nc1cccc2c(Br)ccnc12)C1CCOCC1. The van der Waals surface area contributed by atoms with Crippen LogP contribution in [-0.4, -0.2) is 24.1 Å². The molecule has 104 valence electrons. The van der Waals surface area contributed by atoms with Crippen molar-refractivity contribution in [2.24, 2.45) is 5.92 Å². The molecule has 5 heteroatoms. The van der Waals surface area contributed by atoms with Crippen LogP contribution in [0.15, 0.2) is 34.9 Å². The number of nitrogens with one attached hydrogen (secondary N) is 1.